The van der Waals surface area contributed by atoms with E-state index in [1.54, 1.807) is 49.3 Å². The normalized spacial score (nSPS) is 11.4. The van der Waals surface area contributed by atoms with Crippen LogP contribution in [0.1, 0.15) is 29.9 Å². The summed E-state index contributed by atoms with van der Waals surface area (Å²) < 4.78 is 18.5. The number of hydrogen-bond donors (Lipinski definition) is 0. The fourth-order valence-electron chi connectivity index (χ4n) is 2.98. The maximum absolute atomic E-state index is 13.3. The Hall–Kier alpha value is -1.96. The Kier molecular flexibility index (Phi) is 9.47. The van der Waals surface area contributed by atoms with Gasteiger partial charge >= 0.3 is 0 Å². The number of amides is 2. The summed E-state index contributed by atoms with van der Waals surface area (Å²) in [6.07, 6.45) is 0. The maximum Gasteiger partial charge on any atom is 0.242 e. The average molecular weight is 469 g/mol. The average Bonchev–Trinajstić information content (AvgIpc) is 3.15. The van der Waals surface area contributed by atoms with E-state index in [9.17, 15) is 14.0 Å². The second-order valence-electron chi connectivity index (χ2n) is 8.14. The summed E-state index contributed by atoms with van der Waals surface area (Å²) >= 11 is 7.58. The summed E-state index contributed by atoms with van der Waals surface area (Å²) in [6, 6.07) is 8.11. The Morgan fingerprint density at radius 1 is 1.13 bits per heavy atom. The topological polar surface area (TPSA) is 49.9 Å². The lowest BCUT2D eigenvalue weighted by Gasteiger charge is -2.32. The van der Waals surface area contributed by atoms with Crippen molar-refractivity contribution in [2.75, 3.05) is 32.7 Å². The molecule has 0 radical (unpaired) electrons. The highest BCUT2D eigenvalue weighted by Crippen LogP contribution is 2.22. The molecule has 0 spiro atoms. The molecule has 0 fully saturated rings. The Morgan fingerprint density at radius 3 is 2.35 bits per heavy atom. The zero-order valence-corrected chi connectivity index (χ0v) is 20.1. The third-order valence-corrected chi connectivity index (χ3v) is 6.71. The summed E-state index contributed by atoms with van der Waals surface area (Å²) in [5, 5.41) is 1.99. The number of benzene rings is 1. The van der Waals surface area contributed by atoms with E-state index < -0.39 is 5.41 Å². The first-order valence-electron chi connectivity index (χ1n) is 10.1. The SMILES string of the molecule is COCCN(CC(=O)N(Cc1ccc(F)cc1)Cc1sccc1C)C(=O)C(C)(C)CCl. The molecule has 0 unspecified atom stereocenters. The van der Waals surface area contributed by atoms with Gasteiger partial charge in [0, 0.05) is 31.0 Å². The van der Waals surface area contributed by atoms with Crippen molar-refractivity contribution in [3.05, 3.63) is 57.5 Å². The van der Waals surface area contributed by atoms with Gasteiger partial charge in [0.25, 0.3) is 0 Å². The molecule has 0 atom stereocenters. The number of ether oxygens (including phenoxy) is 1. The molecular weight excluding hydrogens is 439 g/mol. The minimum Gasteiger partial charge on any atom is -0.383 e. The molecule has 1 aromatic heterocycles. The number of halogens is 2. The molecule has 0 aliphatic heterocycles. The smallest absolute Gasteiger partial charge is 0.242 e. The van der Waals surface area contributed by atoms with Crippen LogP contribution in [0.25, 0.3) is 0 Å². The largest absolute Gasteiger partial charge is 0.383 e. The number of nitrogens with zero attached hydrogens (tertiary/aromatic N) is 2. The number of rotatable bonds is 11. The van der Waals surface area contributed by atoms with Gasteiger partial charge < -0.3 is 14.5 Å². The first-order chi connectivity index (χ1) is 14.7. The summed E-state index contributed by atoms with van der Waals surface area (Å²) in [5.41, 5.74) is 1.14. The van der Waals surface area contributed by atoms with Gasteiger partial charge in [-0.1, -0.05) is 12.1 Å². The predicted molar refractivity (Wildman–Crippen MR) is 123 cm³/mol. The van der Waals surface area contributed by atoms with Crippen LogP contribution in [0.5, 0.6) is 0 Å². The zero-order valence-electron chi connectivity index (χ0n) is 18.5. The Balaban J connectivity index is 2.24. The molecular formula is C23H30ClFN2O3S. The standard InChI is InChI=1S/C23H30ClFN2O3S/c1-17-9-12-31-20(17)14-27(13-18-5-7-19(25)8-6-18)21(28)15-26(10-11-30-4)22(29)23(2,3)16-24/h5-9,12H,10-11,13-16H2,1-4H3. The van der Waals surface area contributed by atoms with Gasteiger partial charge in [0.15, 0.2) is 0 Å². The monoisotopic (exact) mass is 468 g/mol. The first kappa shape index (κ1) is 25.3. The van der Waals surface area contributed by atoms with Gasteiger partial charge in [-0.2, -0.15) is 0 Å². The van der Waals surface area contributed by atoms with E-state index >= 15 is 0 Å². The molecule has 5 nitrogen and oxygen atoms in total. The quantitative estimate of drug-likeness (QED) is 0.457. The van der Waals surface area contributed by atoms with E-state index in [1.807, 2.05) is 18.4 Å². The van der Waals surface area contributed by atoms with E-state index in [2.05, 4.69) is 0 Å². The van der Waals surface area contributed by atoms with Gasteiger partial charge in [0.1, 0.15) is 5.82 Å². The van der Waals surface area contributed by atoms with Crippen LogP contribution in [0.3, 0.4) is 0 Å². The Bertz CT molecular complexity index is 870. The summed E-state index contributed by atoms with van der Waals surface area (Å²) in [6.45, 7) is 6.81. The lowest BCUT2D eigenvalue weighted by atomic mass is 9.94. The van der Waals surface area contributed by atoms with Gasteiger partial charge in [-0.05, 0) is 55.5 Å². The Morgan fingerprint density at radius 2 is 1.81 bits per heavy atom. The van der Waals surface area contributed by atoms with E-state index in [1.165, 1.54) is 17.0 Å². The molecule has 0 aliphatic carbocycles. The lowest BCUT2D eigenvalue weighted by Crippen LogP contribution is -2.48. The number of carbonyl (C=O) groups excluding carboxylic acids is 2. The van der Waals surface area contributed by atoms with Crippen LogP contribution in [-0.2, 0) is 27.4 Å². The molecule has 170 valence electrons. The summed E-state index contributed by atoms with van der Waals surface area (Å²) in [5.74, 6) is -0.554. The highest BCUT2D eigenvalue weighted by molar-refractivity contribution is 7.10. The number of alkyl halides is 1. The number of thiophene rings is 1. The van der Waals surface area contributed by atoms with Crippen LogP contribution in [0.4, 0.5) is 4.39 Å². The van der Waals surface area contributed by atoms with Crippen molar-refractivity contribution in [1.82, 2.24) is 9.80 Å². The van der Waals surface area contributed by atoms with Gasteiger partial charge in [0.2, 0.25) is 11.8 Å². The summed E-state index contributed by atoms with van der Waals surface area (Å²) in [7, 11) is 1.55. The molecule has 0 aliphatic rings. The maximum atomic E-state index is 13.3. The second-order valence-corrected chi connectivity index (χ2v) is 9.41. The van der Waals surface area contributed by atoms with Crippen LogP contribution < -0.4 is 0 Å². The molecule has 31 heavy (non-hydrogen) atoms. The second kappa shape index (κ2) is 11.6. The number of methoxy groups -OCH3 is 1. The fourth-order valence-corrected chi connectivity index (χ4v) is 4.02. The van der Waals surface area contributed by atoms with Crippen LogP contribution in [0, 0.1) is 18.2 Å². The van der Waals surface area contributed by atoms with Gasteiger partial charge in [-0.25, -0.2) is 4.39 Å². The molecule has 8 heteroatoms. The third-order valence-electron chi connectivity index (χ3n) is 5.03. The first-order valence-corrected chi connectivity index (χ1v) is 11.5. The van der Waals surface area contributed by atoms with Crippen LogP contribution in [0.15, 0.2) is 35.7 Å². The van der Waals surface area contributed by atoms with Crippen molar-refractivity contribution >= 4 is 34.8 Å². The molecule has 2 rings (SSSR count). The van der Waals surface area contributed by atoms with Gasteiger partial charge in [-0.15, -0.1) is 22.9 Å². The van der Waals surface area contributed by atoms with Crippen molar-refractivity contribution in [1.29, 1.82) is 0 Å². The van der Waals surface area contributed by atoms with Gasteiger partial charge in [0.05, 0.1) is 25.1 Å². The van der Waals surface area contributed by atoms with Crippen LogP contribution in [0.2, 0.25) is 0 Å². The minimum atomic E-state index is -0.790. The van der Waals surface area contributed by atoms with E-state index in [0.29, 0.717) is 26.2 Å². The van der Waals surface area contributed by atoms with E-state index in [0.717, 1.165) is 16.0 Å². The Labute approximate surface area is 192 Å². The third kappa shape index (κ3) is 7.30. The van der Waals surface area contributed by atoms with Crippen LogP contribution in [-0.4, -0.2) is 54.3 Å². The zero-order chi connectivity index (χ0) is 23.0. The minimum absolute atomic E-state index is 0.0753. The van der Waals surface area contributed by atoms with Crippen molar-refractivity contribution in [3.8, 4) is 0 Å². The van der Waals surface area contributed by atoms with E-state index in [-0.39, 0.29) is 30.1 Å². The number of hydrogen-bond acceptors (Lipinski definition) is 4. The molecule has 0 saturated carbocycles. The molecule has 2 aromatic rings. The van der Waals surface area contributed by atoms with Crippen molar-refractivity contribution in [2.45, 2.75) is 33.9 Å². The lowest BCUT2D eigenvalue weighted by molar-refractivity contribution is -0.146. The fraction of sp³-hybridized carbons (Fsp3) is 0.478. The van der Waals surface area contributed by atoms with Crippen molar-refractivity contribution in [3.63, 3.8) is 0 Å². The molecule has 1 heterocycles. The van der Waals surface area contributed by atoms with Crippen molar-refractivity contribution in [2.24, 2.45) is 5.41 Å². The number of carbonyl (C=O) groups is 2. The highest BCUT2D eigenvalue weighted by Gasteiger charge is 2.33. The summed E-state index contributed by atoms with van der Waals surface area (Å²) in [4.78, 5) is 30.6. The highest BCUT2D eigenvalue weighted by atomic mass is 35.5. The molecule has 0 saturated heterocycles. The van der Waals surface area contributed by atoms with Crippen molar-refractivity contribution < 1.29 is 18.7 Å². The van der Waals surface area contributed by atoms with E-state index in [4.69, 9.17) is 16.3 Å². The van der Waals surface area contributed by atoms with Gasteiger partial charge in [-0.3, -0.25) is 9.59 Å². The molecule has 0 N–H and O–H groups in total. The number of aryl methyl sites for hydroxylation is 1. The molecule has 0 bridgehead atoms. The molecule has 2 amide bonds. The predicted octanol–water partition coefficient (Wildman–Crippen LogP) is 4.46. The molecule has 1 aromatic carbocycles. The van der Waals surface area contributed by atoms with Crippen LogP contribution >= 0.6 is 22.9 Å².